The molecule has 8 nitrogen and oxygen atoms in total. The molecule has 10 heteroatoms. The van der Waals surface area contributed by atoms with Gasteiger partial charge in [0.25, 0.3) is 11.8 Å². The summed E-state index contributed by atoms with van der Waals surface area (Å²) in [6, 6.07) is 26.7. The number of halogens is 1. The highest BCUT2D eigenvalue weighted by Crippen LogP contribution is 2.30. The Morgan fingerprint density at radius 2 is 1.57 bits per heavy atom. The van der Waals surface area contributed by atoms with Crippen molar-refractivity contribution >= 4 is 46.9 Å². The second-order valence-electron chi connectivity index (χ2n) is 9.46. The van der Waals surface area contributed by atoms with E-state index in [1.54, 1.807) is 78.9 Å². The van der Waals surface area contributed by atoms with Crippen molar-refractivity contribution in [1.82, 2.24) is 5.32 Å². The van der Waals surface area contributed by atoms with E-state index in [1.165, 1.54) is 44.2 Å². The number of hydrogen-bond donors (Lipinski definition) is 3. The van der Waals surface area contributed by atoms with Crippen LogP contribution in [-0.4, -0.2) is 37.2 Å². The third-order valence-electron chi connectivity index (χ3n) is 6.41. The number of ether oxygens (including phenoxy) is 2. The molecule has 0 fully saturated rings. The Morgan fingerprint density at radius 1 is 0.841 bits per heavy atom. The van der Waals surface area contributed by atoms with Crippen molar-refractivity contribution in [2.24, 2.45) is 0 Å². The van der Waals surface area contributed by atoms with Crippen LogP contribution in [-0.2, 0) is 9.59 Å². The monoisotopic (exact) mass is 613 g/mol. The third-order valence-corrected chi connectivity index (χ3v) is 7.77. The molecule has 226 valence electrons. The number of anilines is 2. The maximum atomic E-state index is 14.1. The number of methoxy groups -OCH3 is 2. The Kier molecular flexibility index (Phi) is 11.1. The highest BCUT2D eigenvalue weighted by molar-refractivity contribution is 8.00. The summed E-state index contributed by atoms with van der Waals surface area (Å²) < 4.78 is 24.8. The zero-order valence-corrected chi connectivity index (χ0v) is 25.2. The maximum absolute atomic E-state index is 14.1. The molecule has 0 aliphatic rings. The highest BCUT2D eigenvalue weighted by Gasteiger charge is 2.20. The number of benzene rings is 4. The van der Waals surface area contributed by atoms with Gasteiger partial charge in [0.15, 0.2) is 11.5 Å². The molecule has 4 aromatic rings. The Bertz CT molecular complexity index is 1660. The molecule has 1 atom stereocenters. The Balaban J connectivity index is 1.54. The van der Waals surface area contributed by atoms with Gasteiger partial charge in [0.2, 0.25) is 5.91 Å². The summed E-state index contributed by atoms with van der Waals surface area (Å²) in [6.07, 6.45) is 2.03. The van der Waals surface area contributed by atoms with E-state index >= 15 is 0 Å². The molecule has 4 aromatic carbocycles. The lowest BCUT2D eigenvalue weighted by molar-refractivity contribution is -0.116. The van der Waals surface area contributed by atoms with Gasteiger partial charge >= 0.3 is 0 Å². The van der Waals surface area contributed by atoms with Crippen LogP contribution in [0.4, 0.5) is 15.8 Å². The Hall–Kier alpha value is -5.09. The van der Waals surface area contributed by atoms with E-state index in [9.17, 15) is 18.8 Å². The lowest BCUT2D eigenvalue weighted by Crippen LogP contribution is -2.30. The summed E-state index contributed by atoms with van der Waals surface area (Å²) in [4.78, 5) is 40.2. The Morgan fingerprint density at radius 3 is 2.27 bits per heavy atom. The summed E-state index contributed by atoms with van der Waals surface area (Å²) in [5.74, 6) is -0.877. The number of thioether (sulfide) groups is 1. The van der Waals surface area contributed by atoms with E-state index in [0.29, 0.717) is 34.7 Å². The molecular formula is C34H32FN3O5S. The molecule has 0 heterocycles. The summed E-state index contributed by atoms with van der Waals surface area (Å²) in [5, 5.41) is 7.69. The molecule has 1 unspecified atom stereocenters. The smallest absolute Gasteiger partial charge is 0.272 e. The van der Waals surface area contributed by atoms with Crippen molar-refractivity contribution in [3.8, 4) is 11.5 Å². The van der Waals surface area contributed by atoms with Gasteiger partial charge in [-0.15, -0.1) is 11.8 Å². The number of carbonyl (C=O) groups is 3. The molecule has 0 saturated carbocycles. The van der Waals surface area contributed by atoms with Crippen LogP contribution in [0.2, 0.25) is 0 Å². The standard InChI is InChI=1S/C34H32FN3O5S/c1-4-31(34(41)37-27-16-9-8-15-26(27)35)44-25-14-10-13-24(21-25)36-33(40)28(38-32(39)23-11-6-5-7-12-23)19-22-17-18-29(42-2)30(20-22)43-3/h5-21,31H,4H2,1-3H3,(H,36,40)(H,37,41)(H,38,39)/b28-19+. The fourth-order valence-electron chi connectivity index (χ4n) is 4.16. The van der Waals surface area contributed by atoms with E-state index < -0.39 is 22.9 Å². The van der Waals surface area contributed by atoms with Crippen LogP contribution in [0.15, 0.2) is 108 Å². The predicted molar refractivity (Wildman–Crippen MR) is 171 cm³/mol. The largest absolute Gasteiger partial charge is 0.493 e. The van der Waals surface area contributed by atoms with E-state index in [1.807, 2.05) is 13.0 Å². The van der Waals surface area contributed by atoms with E-state index in [4.69, 9.17) is 9.47 Å². The SMILES string of the molecule is CCC(Sc1cccc(NC(=O)/C(=C\c2ccc(OC)c(OC)c2)NC(=O)c2ccccc2)c1)C(=O)Nc1ccccc1F. The Labute approximate surface area is 259 Å². The van der Waals surface area contributed by atoms with Gasteiger partial charge < -0.3 is 25.4 Å². The van der Waals surface area contributed by atoms with Crippen LogP contribution in [0.3, 0.4) is 0 Å². The van der Waals surface area contributed by atoms with Crippen molar-refractivity contribution in [2.75, 3.05) is 24.9 Å². The molecule has 0 saturated heterocycles. The molecule has 0 radical (unpaired) electrons. The van der Waals surface area contributed by atoms with E-state index in [0.717, 1.165) is 4.90 Å². The van der Waals surface area contributed by atoms with Gasteiger partial charge in [-0.1, -0.05) is 49.4 Å². The van der Waals surface area contributed by atoms with E-state index in [-0.39, 0.29) is 17.3 Å². The second-order valence-corrected chi connectivity index (χ2v) is 10.7. The van der Waals surface area contributed by atoms with Gasteiger partial charge in [-0.2, -0.15) is 0 Å². The van der Waals surface area contributed by atoms with Crippen LogP contribution < -0.4 is 25.4 Å². The molecule has 3 N–H and O–H groups in total. The highest BCUT2D eigenvalue weighted by atomic mass is 32.2. The second kappa shape index (κ2) is 15.4. The van der Waals surface area contributed by atoms with Crippen molar-refractivity contribution < 1.29 is 28.2 Å². The fraction of sp³-hybridized carbons (Fsp3) is 0.147. The van der Waals surface area contributed by atoms with Gasteiger partial charge in [-0.05, 0) is 72.7 Å². The van der Waals surface area contributed by atoms with Crippen LogP contribution in [0.5, 0.6) is 11.5 Å². The molecule has 0 aliphatic carbocycles. The molecule has 0 aliphatic heterocycles. The van der Waals surface area contributed by atoms with Gasteiger partial charge in [0, 0.05) is 16.1 Å². The molecule has 4 rings (SSSR count). The number of nitrogens with one attached hydrogen (secondary N) is 3. The normalized spacial score (nSPS) is 11.7. The lowest BCUT2D eigenvalue weighted by atomic mass is 10.1. The number of amides is 3. The van der Waals surface area contributed by atoms with Crippen molar-refractivity contribution in [3.05, 3.63) is 120 Å². The van der Waals surface area contributed by atoms with Crippen molar-refractivity contribution in [3.63, 3.8) is 0 Å². The first-order valence-corrected chi connectivity index (χ1v) is 14.6. The van der Waals surface area contributed by atoms with Crippen LogP contribution in [0.1, 0.15) is 29.3 Å². The number of hydrogen-bond acceptors (Lipinski definition) is 6. The predicted octanol–water partition coefficient (Wildman–Crippen LogP) is 6.76. The third kappa shape index (κ3) is 8.48. The minimum Gasteiger partial charge on any atom is -0.493 e. The number of para-hydroxylation sites is 1. The zero-order valence-electron chi connectivity index (χ0n) is 24.4. The van der Waals surface area contributed by atoms with Crippen molar-refractivity contribution in [2.45, 2.75) is 23.5 Å². The first-order chi connectivity index (χ1) is 21.3. The maximum Gasteiger partial charge on any atom is 0.272 e. The first-order valence-electron chi connectivity index (χ1n) is 13.7. The van der Waals surface area contributed by atoms with Crippen LogP contribution in [0.25, 0.3) is 6.08 Å². The molecule has 3 amide bonds. The molecule has 0 spiro atoms. The van der Waals surface area contributed by atoms with Gasteiger partial charge in [0.05, 0.1) is 25.2 Å². The summed E-state index contributed by atoms with van der Waals surface area (Å²) in [5.41, 5.74) is 1.55. The van der Waals surface area contributed by atoms with Crippen LogP contribution in [0, 0.1) is 5.82 Å². The summed E-state index contributed by atoms with van der Waals surface area (Å²) in [6.45, 7) is 1.87. The number of rotatable bonds is 12. The number of carbonyl (C=O) groups excluding carboxylic acids is 3. The summed E-state index contributed by atoms with van der Waals surface area (Å²) in [7, 11) is 3.03. The zero-order chi connectivity index (χ0) is 31.5. The minimum absolute atomic E-state index is 0.000158. The molecule has 44 heavy (non-hydrogen) atoms. The molecule has 0 aromatic heterocycles. The quantitative estimate of drug-likeness (QED) is 0.120. The topological polar surface area (TPSA) is 106 Å². The summed E-state index contributed by atoms with van der Waals surface area (Å²) >= 11 is 1.29. The van der Waals surface area contributed by atoms with Crippen LogP contribution >= 0.6 is 11.8 Å². The van der Waals surface area contributed by atoms with Gasteiger partial charge in [-0.25, -0.2) is 4.39 Å². The fourth-order valence-corrected chi connectivity index (χ4v) is 5.17. The average Bonchev–Trinajstić information content (AvgIpc) is 3.04. The molecular weight excluding hydrogens is 581 g/mol. The lowest BCUT2D eigenvalue weighted by Gasteiger charge is -2.16. The average molecular weight is 614 g/mol. The minimum atomic E-state index is -0.560. The van der Waals surface area contributed by atoms with Gasteiger partial charge in [-0.3, -0.25) is 14.4 Å². The first kappa shape index (κ1) is 31.8. The molecule has 0 bridgehead atoms. The van der Waals surface area contributed by atoms with Gasteiger partial charge in [0.1, 0.15) is 11.5 Å². The van der Waals surface area contributed by atoms with Crippen molar-refractivity contribution in [1.29, 1.82) is 0 Å². The van der Waals surface area contributed by atoms with E-state index in [2.05, 4.69) is 16.0 Å².